The predicted octanol–water partition coefficient (Wildman–Crippen LogP) is 4.66. The highest BCUT2D eigenvalue weighted by molar-refractivity contribution is 6.42. The van der Waals surface area contributed by atoms with E-state index >= 15 is 0 Å². The first-order valence-corrected chi connectivity index (χ1v) is 10.6. The van der Waals surface area contributed by atoms with Gasteiger partial charge in [-0.15, -0.1) is 0 Å². The number of nitrogens with zero attached hydrogens (tertiary/aromatic N) is 2. The number of halogens is 4. The molecule has 1 aliphatic heterocycles. The second-order valence-electron chi connectivity index (χ2n) is 6.53. The molecule has 2 aromatic carbocycles. The van der Waals surface area contributed by atoms with Crippen LogP contribution in [0.15, 0.2) is 35.4 Å². The van der Waals surface area contributed by atoms with Crippen LogP contribution in [-0.4, -0.2) is 49.9 Å². The largest absolute Gasteiger partial charge is 0.486 e. The van der Waals surface area contributed by atoms with Crippen LogP contribution in [0, 0.1) is 0 Å². The molecule has 1 heterocycles. The number of carbonyl (C=O) groups is 1. The summed E-state index contributed by atoms with van der Waals surface area (Å²) in [6, 6.07) is 8.51. The van der Waals surface area contributed by atoms with Crippen molar-refractivity contribution in [3.8, 4) is 5.75 Å². The normalized spacial score (nSPS) is 14.8. The number of nitrogens with one attached hydrogen (secondary N) is 1. The van der Waals surface area contributed by atoms with Crippen LogP contribution in [0.25, 0.3) is 0 Å². The Morgan fingerprint density at radius 2 is 1.77 bits per heavy atom. The second kappa shape index (κ2) is 11.2. The zero-order valence-electron chi connectivity index (χ0n) is 15.8. The number of carbonyl (C=O) groups excluding carboxylic acids is 1. The highest BCUT2D eigenvalue weighted by Crippen LogP contribution is 2.34. The molecule has 1 saturated heterocycles. The summed E-state index contributed by atoms with van der Waals surface area (Å²) in [4.78, 5) is 14.0. The Morgan fingerprint density at radius 3 is 2.43 bits per heavy atom. The molecule has 10 heteroatoms. The van der Waals surface area contributed by atoms with Gasteiger partial charge in [-0.05, 0) is 35.4 Å². The quantitative estimate of drug-likeness (QED) is 0.452. The molecule has 0 radical (unpaired) electrons. The van der Waals surface area contributed by atoms with E-state index in [2.05, 4.69) is 10.5 Å². The molecule has 1 aliphatic rings. The lowest BCUT2D eigenvalue weighted by molar-refractivity contribution is -0.123. The summed E-state index contributed by atoms with van der Waals surface area (Å²) < 4.78 is 11.0. The average Bonchev–Trinajstić information content (AvgIpc) is 2.71. The van der Waals surface area contributed by atoms with Gasteiger partial charge in [0.2, 0.25) is 0 Å². The first kappa shape index (κ1) is 23.1. The Labute approximate surface area is 194 Å². The standard InChI is InChI=1S/C20H19Cl4N3O3/c21-15-2-1-13(7-16(15)22)12-30-20-17(23)8-14(9-18(20)24)10-25-26-19(28)11-27-3-5-29-6-4-27/h1-2,7-10H,3-6,11-12H2,(H,26,28). The van der Waals surface area contributed by atoms with Gasteiger partial charge in [-0.3, -0.25) is 9.69 Å². The van der Waals surface area contributed by atoms with E-state index in [0.29, 0.717) is 44.6 Å². The first-order chi connectivity index (χ1) is 14.4. The van der Waals surface area contributed by atoms with E-state index in [1.165, 1.54) is 6.21 Å². The van der Waals surface area contributed by atoms with Gasteiger partial charge in [0.1, 0.15) is 6.61 Å². The van der Waals surface area contributed by atoms with Crippen molar-refractivity contribution in [3.05, 3.63) is 61.5 Å². The molecule has 1 amide bonds. The van der Waals surface area contributed by atoms with E-state index in [9.17, 15) is 4.79 Å². The van der Waals surface area contributed by atoms with E-state index in [4.69, 9.17) is 55.9 Å². The Bertz CT molecular complexity index is 911. The fraction of sp³-hybridized carbons (Fsp3) is 0.300. The monoisotopic (exact) mass is 489 g/mol. The molecule has 160 valence electrons. The number of benzene rings is 2. The number of rotatable bonds is 7. The highest BCUT2D eigenvalue weighted by Gasteiger charge is 2.14. The summed E-state index contributed by atoms with van der Waals surface area (Å²) in [5.41, 5.74) is 3.94. The minimum absolute atomic E-state index is 0.202. The fourth-order valence-corrected chi connectivity index (χ4v) is 3.69. The predicted molar refractivity (Wildman–Crippen MR) is 120 cm³/mol. The lowest BCUT2D eigenvalue weighted by Crippen LogP contribution is -2.42. The van der Waals surface area contributed by atoms with Crippen molar-refractivity contribution >= 4 is 58.5 Å². The van der Waals surface area contributed by atoms with Crippen molar-refractivity contribution in [2.75, 3.05) is 32.8 Å². The van der Waals surface area contributed by atoms with Gasteiger partial charge < -0.3 is 9.47 Å². The van der Waals surface area contributed by atoms with E-state index in [1.807, 2.05) is 4.90 Å². The van der Waals surface area contributed by atoms with E-state index in [0.717, 1.165) is 18.7 Å². The Morgan fingerprint density at radius 1 is 1.07 bits per heavy atom. The van der Waals surface area contributed by atoms with Crippen molar-refractivity contribution in [1.29, 1.82) is 0 Å². The molecule has 30 heavy (non-hydrogen) atoms. The van der Waals surface area contributed by atoms with Crippen LogP contribution in [0.3, 0.4) is 0 Å². The van der Waals surface area contributed by atoms with E-state index in [1.54, 1.807) is 30.3 Å². The summed E-state index contributed by atoms with van der Waals surface area (Å²) in [6.45, 7) is 3.21. The van der Waals surface area contributed by atoms with Gasteiger partial charge >= 0.3 is 0 Å². The average molecular weight is 491 g/mol. The smallest absolute Gasteiger partial charge is 0.254 e. The van der Waals surface area contributed by atoms with Crippen LogP contribution in [0.1, 0.15) is 11.1 Å². The van der Waals surface area contributed by atoms with Gasteiger partial charge in [0.25, 0.3) is 5.91 Å². The third-order valence-corrected chi connectivity index (χ3v) is 5.56. The van der Waals surface area contributed by atoms with Crippen LogP contribution in [0.2, 0.25) is 20.1 Å². The minimum atomic E-state index is -0.202. The van der Waals surface area contributed by atoms with Gasteiger partial charge in [0.15, 0.2) is 5.75 Å². The Balaban J connectivity index is 1.56. The highest BCUT2D eigenvalue weighted by atomic mass is 35.5. The molecule has 0 saturated carbocycles. The number of morpholine rings is 1. The van der Waals surface area contributed by atoms with Crippen molar-refractivity contribution < 1.29 is 14.3 Å². The molecule has 6 nitrogen and oxygen atoms in total. The number of hydrogen-bond acceptors (Lipinski definition) is 5. The van der Waals surface area contributed by atoms with Gasteiger partial charge in [0, 0.05) is 13.1 Å². The maximum absolute atomic E-state index is 12.0. The molecule has 3 rings (SSSR count). The van der Waals surface area contributed by atoms with Gasteiger partial charge in [-0.1, -0.05) is 52.5 Å². The maximum atomic E-state index is 12.0. The number of ether oxygens (including phenoxy) is 2. The number of hydrazone groups is 1. The summed E-state index contributed by atoms with van der Waals surface area (Å²) in [5, 5.41) is 5.52. The summed E-state index contributed by atoms with van der Waals surface area (Å²) in [7, 11) is 0. The van der Waals surface area contributed by atoms with Crippen molar-refractivity contribution in [1.82, 2.24) is 10.3 Å². The Hall–Kier alpha value is -1.54. The number of hydrogen-bond donors (Lipinski definition) is 1. The van der Waals surface area contributed by atoms with Crippen molar-refractivity contribution in [2.45, 2.75) is 6.61 Å². The maximum Gasteiger partial charge on any atom is 0.254 e. The van der Waals surface area contributed by atoms with Gasteiger partial charge in [-0.25, -0.2) is 5.43 Å². The minimum Gasteiger partial charge on any atom is -0.486 e. The zero-order chi connectivity index (χ0) is 21.5. The van der Waals surface area contributed by atoms with Crippen LogP contribution in [0.4, 0.5) is 0 Å². The molecule has 0 bridgehead atoms. The topological polar surface area (TPSA) is 63.2 Å². The molecule has 1 fully saturated rings. The van der Waals surface area contributed by atoms with Crippen LogP contribution >= 0.6 is 46.4 Å². The van der Waals surface area contributed by atoms with Gasteiger partial charge in [0.05, 0.1) is 46.1 Å². The molecular formula is C20H19Cl4N3O3. The molecule has 0 spiro atoms. The summed E-state index contributed by atoms with van der Waals surface area (Å²) in [6.07, 6.45) is 1.47. The SMILES string of the molecule is O=C(CN1CCOCC1)NN=Cc1cc(Cl)c(OCc2ccc(Cl)c(Cl)c2)c(Cl)c1. The molecular weight excluding hydrogens is 472 g/mol. The van der Waals surface area contributed by atoms with Crippen LogP contribution < -0.4 is 10.2 Å². The van der Waals surface area contributed by atoms with Crippen molar-refractivity contribution in [2.24, 2.45) is 5.10 Å². The van der Waals surface area contributed by atoms with Crippen LogP contribution in [0.5, 0.6) is 5.75 Å². The number of amides is 1. The first-order valence-electron chi connectivity index (χ1n) is 9.10. The molecule has 0 aliphatic carbocycles. The molecule has 0 aromatic heterocycles. The third-order valence-electron chi connectivity index (χ3n) is 4.26. The zero-order valence-corrected chi connectivity index (χ0v) is 18.9. The molecule has 1 N–H and O–H groups in total. The van der Waals surface area contributed by atoms with Crippen molar-refractivity contribution in [3.63, 3.8) is 0 Å². The van der Waals surface area contributed by atoms with E-state index < -0.39 is 0 Å². The Kier molecular flexibility index (Phi) is 8.62. The second-order valence-corrected chi connectivity index (χ2v) is 8.16. The van der Waals surface area contributed by atoms with E-state index in [-0.39, 0.29) is 19.1 Å². The summed E-state index contributed by atoms with van der Waals surface area (Å²) in [5.74, 6) is 0.143. The molecule has 0 atom stereocenters. The van der Waals surface area contributed by atoms with Gasteiger partial charge in [-0.2, -0.15) is 5.10 Å². The third kappa shape index (κ3) is 6.74. The van der Waals surface area contributed by atoms with Crippen LogP contribution in [-0.2, 0) is 16.1 Å². The summed E-state index contributed by atoms with van der Waals surface area (Å²) >= 11 is 24.5. The molecule has 0 unspecified atom stereocenters. The fourth-order valence-electron chi connectivity index (χ4n) is 2.75. The molecule has 2 aromatic rings. The lowest BCUT2D eigenvalue weighted by Gasteiger charge is -2.25. The lowest BCUT2D eigenvalue weighted by atomic mass is 10.2.